The highest BCUT2D eigenvalue weighted by Crippen LogP contribution is 2.34. The number of rotatable bonds is 9. The van der Waals surface area contributed by atoms with E-state index in [1.54, 1.807) is 18.2 Å². The zero-order valence-electron chi connectivity index (χ0n) is 20.0. The molecule has 0 bridgehead atoms. The van der Waals surface area contributed by atoms with E-state index >= 15 is 0 Å². The minimum Gasteiger partial charge on any atom is -0.494 e. The number of Topliss-reactive ketones (excluding diaryl/α,β-unsaturated/α-hetero) is 1. The molecule has 188 valence electrons. The molecule has 9 heteroatoms. The zero-order valence-corrected chi connectivity index (χ0v) is 20.0. The number of carbonyl (C=O) groups is 3. The number of aromatic nitrogens is 2. The molecule has 3 aromatic rings. The summed E-state index contributed by atoms with van der Waals surface area (Å²) in [5, 5.41) is 25.9. The van der Waals surface area contributed by atoms with Gasteiger partial charge in [0.2, 0.25) is 11.8 Å². The Balaban J connectivity index is 1.55. The Kier molecular flexibility index (Phi) is 7.68. The maximum atomic E-state index is 13.5. The molecule has 2 amide bonds. The van der Waals surface area contributed by atoms with E-state index in [-0.39, 0.29) is 35.0 Å². The number of carbonyl (C=O) groups excluding carboxylic acids is 3. The van der Waals surface area contributed by atoms with E-state index in [4.69, 9.17) is 0 Å². The Morgan fingerprint density at radius 2 is 1.69 bits per heavy atom. The quantitative estimate of drug-likeness (QED) is 0.290. The predicted octanol–water partition coefficient (Wildman–Crippen LogP) is 3.55. The molecule has 1 aliphatic carbocycles. The number of H-pyrrole nitrogens is 1. The zero-order chi connectivity index (χ0) is 25.7. The number of hydrogen-bond donors (Lipinski definition) is 5. The predicted molar refractivity (Wildman–Crippen MR) is 133 cm³/mol. The number of aromatic amines is 1. The number of nitrogens with zero attached hydrogens (tertiary/aromatic N) is 1. The van der Waals surface area contributed by atoms with Crippen molar-refractivity contribution in [3.05, 3.63) is 77.1 Å². The van der Waals surface area contributed by atoms with Crippen molar-refractivity contribution in [2.45, 2.75) is 51.1 Å². The average molecular weight is 491 g/mol. The van der Waals surface area contributed by atoms with Gasteiger partial charge >= 0.3 is 0 Å². The summed E-state index contributed by atoms with van der Waals surface area (Å²) in [5.74, 6) is -2.06. The molecule has 0 spiro atoms. The van der Waals surface area contributed by atoms with Crippen LogP contribution in [0.4, 0.5) is 0 Å². The molecule has 2 atom stereocenters. The van der Waals surface area contributed by atoms with Crippen LogP contribution in [0.5, 0.6) is 11.8 Å². The van der Waals surface area contributed by atoms with Gasteiger partial charge in [-0.2, -0.15) is 0 Å². The number of amides is 2. The van der Waals surface area contributed by atoms with Crippen molar-refractivity contribution in [3.63, 3.8) is 0 Å². The van der Waals surface area contributed by atoms with Gasteiger partial charge < -0.3 is 20.8 Å². The molecular weight excluding hydrogens is 460 g/mol. The van der Waals surface area contributed by atoms with Gasteiger partial charge in [0.15, 0.2) is 11.7 Å². The number of hydrogen-bond acceptors (Lipinski definition) is 6. The first kappa shape index (κ1) is 25.0. The molecule has 1 unspecified atom stereocenters. The smallest absolute Gasteiger partial charge is 0.270 e. The maximum absolute atomic E-state index is 13.5. The van der Waals surface area contributed by atoms with Crippen LogP contribution >= 0.6 is 0 Å². The van der Waals surface area contributed by atoms with Crippen LogP contribution in [0.2, 0.25) is 0 Å². The lowest BCUT2D eigenvalue weighted by atomic mass is 9.90. The van der Waals surface area contributed by atoms with Gasteiger partial charge in [0, 0.05) is 11.8 Å². The second kappa shape index (κ2) is 11.1. The molecule has 2 heterocycles. The van der Waals surface area contributed by atoms with Crippen molar-refractivity contribution in [1.82, 2.24) is 20.6 Å². The summed E-state index contributed by atoms with van der Waals surface area (Å²) in [7, 11) is 0. The van der Waals surface area contributed by atoms with Gasteiger partial charge in [-0.15, -0.1) is 0 Å². The standard InChI is InChI=1S/C27H30N4O5/c1-16-22(27(36)31-25(16)34)24(33)23(18-11-5-6-12-18)30-21(32)15-20(17-9-3-2-4-10-17)29-26(35)19-13-7-8-14-28-19/h2-4,7-10,13-14,18,20,23,31,34,36H,5-6,11-12,15H2,1H3,(H,29,35)(H,30,32)/t20-,23?/m0/s1. The highest BCUT2D eigenvalue weighted by Gasteiger charge is 2.36. The third-order valence-electron chi connectivity index (χ3n) is 6.71. The maximum Gasteiger partial charge on any atom is 0.270 e. The molecule has 0 radical (unpaired) electrons. The topological polar surface area (TPSA) is 144 Å². The molecule has 1 aliphatic rings. The SMILES string of the molecule is Cc1c(O)[nH]c(O)c1C(=O)C(NC(=O)C[C@H](NC(=O)c1ccccn1)c1ccccc1)C1CCCC1. The molecule has 1 saturated carbocycles. The van der Waals surface area contributed by atoms with E-state index < -0.39 is 35.6 Å². The summed E-state index contributed by atoms with van der Waals surface area (Å²) in [6, 6.07) is 12.6. The highest BCUT2D eigenvalue weighted by atomic mass is 16.3. The summed E-state index contributed by atoms with van der Waals surface area (Å²) < 4.78 is 0. The van der Waals surface area contributed by atoms with Gasteiger partial charge in [0.25, 0.3) is 5.91 Å². The summed E-state index contributed by atoms with van der Waals surface area (Å²) in [5.41, 5.74) is 1.19. The first-order valence-corrected chi connectivity index (χ1v) is 12.1. The molecule has 1 aromatic carbocycles. The van der Waals surface area contributed by atoms with Crippen molar-refractivity contribution in [2.75, 3.05) is 0 Å². The number of pyridine rings is 1. The number of benzene rings is 1. The Hall–Kier alpha value is -4.14. The van der Waals surface area contributed by atoms with E-state index in [9.17, 15) is 24.6 Å². The van der Waals surface area contributed by atoms with Gasteiger partial charge in [-0.1, -0.05) is 49.2 Å². The normalized spacial score (nSPS) is 15.2. The van der Waals surface area contributed by atoms with E-state index in [2.05, 4.69) is 20.6 Å². The Labute approximate surface area is 209 Å². The molecule has 1 fully saturated rings. The van der Waals surface area contributed by atoms with Crippen molar-refractivity contribution in [3.8, 4) is 11.8 Å². The number of aromatic hydroxyl groups is 2. The number of nitrogens with one attached hydrogen (secondary N) is 3. The molecule has 0 aliphatic heterocycles. The summed E-state index contributed by atoms with van der Waals surface area (Å²) in [6.07, 6.45) is 4.85. The second-order valence-electron chi connectivity index (χ2n) is 9.13. The summed E-state index contributed by atoms with van der Waals surface area (Å²) in [6.45, 7) is 1.53. The minimum atomic E-state index is -0.859. The van der Waals surface area contributed by atoms with E-state index in [1.807, 2.05) is 30.3 Å². The van der Waals surface area contributed by atoms with Gasteiger partial charge in [-0.25, -0.2) is 0 Å². The van der Waals surface area contributed by atoms with Crippen LogP contribution in [0, 0.1) is 12.8 Å². The van der Waals surface area contributed by atoms with Gasteiger partial charge in [0.05, 0.1) is 24.1 Å². The van der Waals surface area contributed by atoms with Crippen LogP contribution in [0.3, 0.4) is 0 Å². The van der Waals surface area contributed by atoms with Crippen molar-refractivity contribution < 1.29 is 24.6 Å². The minimum absolute atomic E-state index is 0.0206. The van der Waals surface area contributed by atoms with Crippen LogP contribution in [0.15, 0.2) is 54.7 Å². The summed E-state index contributed by atoms with van der Waals surface area (Å²) in [4.78, 5) is 46.0. The molecule has 4 rings (SSSR count). The summed E-state index contributed by atoms with van der Waals surface area (Å²) >= 11 is 0. The fourth-order valence-corrected chi connectivity index (χ4v) is 4.79. The fourth-order valence-electron chi connectivity index (χ4n) is 4.79. The lowest BCUT2D eigenvalue weighted by molar-refractivity contribution is -0.122. The van der Waals surface area contributed by atoms with E-state index in [0.717, 1.165) is 31.2 Å². The largest absolute Gasteiger partial charge is 0.494 e. The molecule has 2 aromatic heterocycles. The monoisotopic (exact) mass is 490 g/mol. The lowest BCUT2D eigenvalue weighted by Crippen LogP contribution is -2.46. The van der Waals surface area contributed by atoms with Gasteiger partial charge in [-0.3, -0.25) is 24.4 Å². The van der Waals surface area contributed by atoms with Crippen LogP contribution in [0.25, 0.3) is 0 Å². The molecule has 0 saturated heterocycles. The van der Waals surface area contributed by atoms with Gasteiger partial charge in [-0.05, 0) is 43.4 Å². The second-order valence-corrected chi connectivity index (χ2v) is 9.13. The highest BCUT2D eigenvalue weighted by molar-refractivity contribution is 6.05. The number of ketones is 1. The third-order valence-corrected chi connectivity index (χ3v) is 6.71. The van der Waals surface area contributed by atoms with Crippen LogP contribution in [-0.4, -0.2) is 43.8 Å². The van der Waals surface area contributed by atoms with Crippen LogP contribution in [0.1, 0.15) is 70.1 Å². The molecule has 9 nitrogen and oxygen atoms in total. The third kappa shape index (κ3) is 5.56. The Morgan fingerprint density at radius 3 is 2.31 bits per heavy atom. The Bertz CT molecular complexity index is 1220. The van der Waals surface area contributed by atoms with Crippen molar-refractivity contribution >= 4 is 17.6 Å². The molecular formula is C27H30N4O5. The first-order chi connectivity index (χ1) is 17.3. The fraction of sp³-hybridized carbons (Fsp3) is 0.333. The first-order valence-electron chi connectivity index (χ1n) is 12.1. The molecule has 5 N–H and O–H groups in total. The van der Waals surface area contributed by atoms with Crippen LogP contribution in [-0.2, 0) is 4.79 Å². The van der Waals surface area contributed by atoms with Crippen molar-refractivity contribution in [2.24, 2.45) is 5.92 Å². The van der Waals surface area contributed by atoms with E-state index in [0.29, 0.717) is 0 Å². The van der Waals surface area contributed by atoms with Crippen LogP contribution < -0.4 is 10.6 Å². The molecule has 36 heavy (non-hydrogen) atoms. The average Bonchev–Trinajstić information content (AvgIpc) is 3.50. The van der Waals surface area contributed by atoms with Crippen molar-refractivity contribution in [1.29, 1.82) is 0 Å². The Morgan fingerprint density at radius 1 is 1.00 bits per heavy atom. The van der Waals surface area contributed by atoms with E-state index in [1.165, 1.54) is 13.1 Å². The van der Waals surface area contributed by atoms with Gasteiger partial charge in [0.1, 0.15) is 5.69 Å². The lowest BCUT2D eigenvalue weighted by Gasteiger charge is -2.25.